The van der Waals surface area contributed by atoms with Crippen LogP contribution in [0.15, 0.2) is 64.4 Å². The first-order chi connectivity index (χ1) is 16.2. The Kier molecular flexibility index (Phi) is 5.09. The fourth-order valence-electron chi connectivity index (χ4n) is 4.79. The van der Waals surface area contributed by atoms with Crippen LogP contribution in [-0.2, 0) is 6.42 Å². The second kappa shape index (κ2) is 8.26. The topological polar surface area (TPSA) is 34.2 Å². The van der Waals surface area contributed by atoms with E-state index >= 15 is 0 Å². The zero-order valence-electron chi connectivity index (χ0n) is 18.6. The zero-order chi connectivity index (χ0) is 22.4. The Bertz CT molecular complexity index is 1250. The van der Waals surface area contributed by atoms with Crippen molar-refractivity contribution in [3.8, 4) is 29.1 Å². The van der Waals surface area contributed by atoms with Gasteiger partial charge in [-0.1, -0.05) is 47.9 Å². The van der Waals surface area contributed by atoms with E-state index in [0.717, 1.165) is 30.0 Å². The normalized spacial score (nSPS) is 18.0. The number of anilines is 2. The van der Waals surface area contributed by atoms with Gasteiger partial charge in [-0.2, -0.15) is 0 Å². The van der Waals surface area contributed by atoms with Gasteiger partial charge in [0.25, 0.3) is 0 Å². The number of methoxy groups -OCH3 is 1. The summed E-state index contributed by atoms with van der Waals surface area (Å²) in [6, 6.07) is 19.1. The molecule has 3 aliphatic heterocycles. The molecule has 3 heterocycles. The molecule has 6 heteroatoms. The zero-order valence-corrected chi connectivity index (χ0v) is 19.4. The number of ether oxygens (including phenoxy) is 3. The smallest absolute Gasteiger partial charge is 0.231 e. The molecule has 33 heavy (non-hydrogen) atoms. The first-order valence-electron chi connectivity index (χ1n) is 11.1. The molecule has 0 aromatic heterocycles. The minimum absolute atomic E-state index is 0.0668. The minimum Gasteiger partial charge on any atom is -0.492 e. The monoisotopic (exact) mass is 456 g/mol. The van der Waals surface area contributed by atoms with Gasteiger partial charge < -0.3 is 19.1 Å². The van der Waals surface area contributed by atoms with E-state index in [9.17, 15) is 0 Å². The van der Waals surface area contributed by atoms with Crippen molar-refractivity contribution in [2.75, 3.05) is 38.9 Å². The summed E-state index contributed by atoms with van der Waals surface area (Å²) in [6.07, 6.45) is 0.932. The highest BCUT2D eigenvalue weighted by Gasteiger charge is 2.33. The predicted octanol–water partition coefficient (Wildman–Crippen LogP) is 5.26. The average molecular weight is 457 g/mol. The largest absolute Gasteiger partial charge is 0.492 e. The van der Waals surface area contributed by atoms with E-state index in [1.165, 1.54) is 26.7 Å². The molecule has 6 rings (SSSR count). The SMILES string of the molecule is COc1c2c(cc3c1C(C#CCN1c4ccccc4Sc4ccccc41)N(C)CC3)OCO2. The molecule has 5 nitrogen and oxygen atoms in total. The molecule has 1 atom stereocenters. The van der Waals surface area contributed by atoms with Crippen molar-refractivity contribution in [3.63, 3.8) is 0 Å². The number of nitrogens with zero attached hydrogens (tertiary/aromatic N) is 2. The van der Waals surface area contributed by atoms with E-state index < -0.39 is 0 Å². The van der Waals surface area contributed by atoms with Gasteiger partial charge in [0, 0.05) is 21.9 Å². The van der Waals surface area contributed by atoms with Gasteiger partial charge in [0.1, 0.15) is 6.04 Å². The van der Waals surface area contributed by atoms with Crippen LogP contribution in [0.2, 0.25) is 0 Å². The van der Waals surface area contributed by atoms with E-state index in [1.807, 2.05) is 11.8 Å². The van der Waals surface area contributed by atoms with Gasteiger partial charge in [0.15, 0.2) is 11.5 Å². The summed E-state index contributed by atoms with van der Waals surface area (Å²) in [4.78, 5) is 7.11. The minimum atomic E-state index is -0.0668. The molecule has 0 fully saturated rings. The molecule has 166 valence electrons. The third kappa shape index (κ3) is 3.40. The highest BCUT2D eigenvalue weighted by molar-refractivity contribution is 7.99. The lowest BCUT2D eigenvalue weighted by Gasteiger charge is -2.33. The number of hydrogen-bond donors (Lipinski definition) is 0. The molecule has 0 saturated carbocycles. The fourth-order valence-corrected chi connectivity index (χ4v) is 5.88. The van der Waals surface area contributed by atoms with Crippen LogP contribution >= 0.6 is 11.8 Å². The lowest BCUT2D eigenvalue weighted by atomic mass is 9.91. The average Bonchev–Trinajstić information content (AvgIpc) is 3.32. The maximum absolute atomic E-state index is 5.81. The van der Waals surface area contributed by atoms with Gasteiger partial charge in [-0.15, -0.1) is 0 Å². The second-order valence-corrected chi connectivity index (χ2v) is 9.38. The van der Waals surface area contributed by atoms with Crippen LogP contribution in [0.5, 0.6) is 17.2 Å². The lowest BCUT2D eigenvalue weighted by molar-refractivity contribution is 0.171. The van der Waals surface area contributed by atoms with Crippen LogP contribution in [-0.4, -0.2) is 38.9 Å². The Morgan fingerprint density at radius 1 is 1.06 bits per heavy atom. The van der Waals surface area contributed by atoms with Crippen molar-refractivity contribution in [2.45, 2.75) is 22.3 Å². The van der Waals surface area contributed by atoms with Gasteiger partial charge in [0.2, 0.25) is 12.5 Å². The maximum atomic E-state index is 5.81. The molecular formula is C27H24N2O3S. The molecular weight excluding hydrogens is 432 g/mol. The van der Waals surface area contributed by atoms with Crippen LogP contribution < -0.4 is 19.1 Å². The lowest BCUT2D eigenvalue weighted by Crippen LogP contribution is -2.32. The van der Waals surface area contributed by atoms with Crippen molar-refractivity contribution in [1.82, 2.24) is 4.90 Å². The Labute approximate surface area is 198 Å². The standard InChI is InChI=1S/C27H24N2O3S/c1-28-15-13-18-16-22-26(32-17-31-22)27(30-2)25(18)21(28)10-7-14-29-19-8-3-5-11-23(19)33-24-12-6-4-9-20(24)29/h3-6,8-9,11-12,16,21H,13-15,17H2,1-2H3. The summed E-state index contributed by atoms with van der Waals surface area (Å²) in [7, 11) is 3.81. The molecule has 3 aromatic carbocycles. The number of benzene rings is 3. The van der Waals surface area contributed by atoms with Gasteiger partial charge in [-0.25, -0.2) is 0 Å². The van der Waals surface area contributed by atoms with Gasteiger partial charge in [-0.3, -0.25) is 4.90 Å². The third-order valence-electron chi connectivity index (χ3n) is 6.40. The summed E-state index contributed by atoms with van der Waals surface area (Å²) in [5.41, 5.74) is 4.72. The van der Waals surface area contributed by atoms with Crippen molar-refractivity contribution in [3.05, 3.63) is 65.7 Å². The van der Waals surface area contributed by atoms with Crippen LogP contribution in [0.4, 0.5) is 11.4 Å². The van der Waals surface area contributed by atoms with Crippen LogP contribution in [0.1, 0.15) is 17.2 Å². The summed E-state index contributed by atoms with van der Waals surface area (Å²) in [5.74, 6) is 9.25. The molecule has 0 saturated heterocycles. The summed E-state index contributed by atoms with van der Waals surface area (Å²) in [5, 5.41) is 0. The van der Waals surface area contributed by atoms with E-state index in [2.05, 4.69) is 83.3 Å². The number of likely N-dealkylation sites (N-methyl/N-ethyl adjacent to an activating group) is 1. The van der Waals surface area contributed by atoms with E-state index in [4.69, 9.17) is 14.2 Å². The number of fused-ring (bicyclic) bond motifs is 4. The summed E-state index contributed by atoms with van der Waals surface area (Å²) >= 11 is 1.81. The number of hydrogen-bond acceptors (Lipinski definition) is 6. The Morgan fingerprint density at radius 3 is 2.52 bits per heavy atom. The van der Waals surface area contributed by atoms with Crippen LogP contribution in [0.25, 0.3) is 0 Å². The molecule has 0 bridgehead atoms. The molecule has 3 aromatic rings. The molecule has 0 N–H and O–H groups in total. The van der Waals surface area contributed by atoms with E-state index in [-0.39, 0.29) is 12.8 Å². The molecule has 3 aliphatic rings. The number of rotatable bonds is 2. The van der Waals surface area contributed by atoms with E-state index in [1.54, 1.807) is 7.11 Å². The Hall–Kier alpha value is -3.27. The highest BCUT2D eigenvalue weighted by Crippen LogP contribution is 2.50. The van der Waals surface area contributed by atoms with Crippen molar-refractivity contribution >= 4 is 23.1 Å². The Balaban J connectivity index is 1.37. The predicted molar refractivity (Wildman–Crippen MR) is 130 cm³/mol. The van der Waals surface area contributed by atoms with Crippen molar-refractivity contribution in [1.29, 1.82) is 0 Å². The van der Waals surface area contributed by atoms with Gasteiger partial charge >= 0.3 is 0 Å². The first-order valence-corrected chi connectivity index (χ1v) is 11.9. The van der Waals surface area contributed by atoms with Crippen molar-refractivity contribution < 1.29 is 14.2 Å². The summed E-state index contributed by atoms with van der Waals surface area (Å²) in [6.45, 7) is 1.77. The van der Waals surface area contributed by atoms with Crippen LogP contribution in [0, 0.1) is 11.8 Å². The quantitative estimate of drug-likeness (QED) is 0.490. The maximum Gasteiger partial charge on any atom is 0.231 e. The molecule has 1 unspecified atom stereocenters. The van der Waals surface area contributed by atoms with Gasteiger partial charge in [-0.05, 0) is 49.4 Å². The van der Waals surface area contributed by atoms with Crippen molar-refractivity contribution in [2.24, 2.45) is 0 Å². The second-order valence-electron chi connectivity index (χ2n) is 8.29. The van der Waals surface area contributed by atoms with Crippen LogP contribution in [0.3, 0.4) is 0 Å². The third-order valence-corrected chi connectivity index (χ3v) is 7.53. The highest BCUT2D eigenvalue weighted by atomic mass is 32.2. The molecule has 0 aliphatic carbocycles. The Morgan fingerprint density at radius 2 is 1.79 bits per heavy atom. The molecule has 0 amide bonds. The van der Waals surface area contributed by atoms with E-state index in [0.29, 0.717) is 12.3 Å². The molecule has 0 radical (unpaired) electrons. The first kappa shape index (κ1) is 20.3. The van der Waals surface area contributed by atoms with Gasteiger partial charge in [0.05, 0.1) is 25.0 Å². The fraction of sp³-hybridized carbons (Fsp3) is 0.259. The summed E-state index contributed by atoms with van der Waals surface area (Å²) < 4.78 is 17.2. The molecule has 0 spiro atoms. The number of para-hydroxylation sites is 2.